The molecule has 2 rings (SSSR count). The summed E-state index contributed by atoms with van der Waals surface area (Å²) in [7, 11) is 2.31. The average molecular weight is 297 g/mol. The van der Waals surface area contributed by atoms with Crippen molar-refractivity contribution in [3.63, 3.8) is 0 Å². The van der Waals surface area contributed by atoms with Crippen LogP contribution >= 0.6 is 0 Å². The van der Waals surface area contributed by atoms with E-state index < -0.39 is 0 Å². The minimum Gasteiger partial charge on any atom is -0.329 e. The molecule has 0 radical (unpaired) electrons. The highest BCUT2D eigenvalue weighted by molar-refractivity contribution is 4.97. The molecule has 2 heterocycles. The maximum atomic E-state index is 6.23. The van der Waals surface area contributed by atoms with E-state index in [1.807, 2.05) is 0 Å². The van der Waals surface area contributed by atoms with Gasteiger partial charge in [-0.1, -0.05) is 6.92 Å². The molecule has 0 aromatic heterocycles. The van der Waals surface area contributed by atoms with Gasteiger partial charge in [0.15, 0.2) is 0 Å². The maximum absolute atomic E-state index is 6.23. The third kappa shape index (κ3) is 3.79. The summed E-state index contributed by atoms with van der Waals surface area (Å²) in [4.78, 5) is 7.84. The Kier molecular flexibility index (Phi) is 6.06. The number of nitrogens with two attached hydrogens (primary N) is 1. The van der Waals surface area contributed by atoms with Crippen LogP contribution < -0.4 is 5.73 Å². The Hall–Kier alpha value is -0.160. The largest absolute Gasteiger partial charge is 0.329 e. The number of likely N-dealkylation sites (tertiary alicyclic amines) is 2. The first-order valence-electron chi connectivity index (χ1n) is 8.92. The Morgan fingerprint density at radius 1 is 1.24 bits per heavy atom. The van der Waals surface area contributed by atoms with Crippen molar-refractivity contribution in [3.8, 4) is 0 Å². The first-order valence-corrected chi connectivity index (χ1v) is 8.92. The Labute approximate surface area is 131 Å². The molecule has 0 amide bonds. The van der Waals surface area contributed by atoms with Crippen molar-refractivity contribution in [1.82, 2.24) is 14.7 Å². The molecule has 2 aliphatic rings. The molecular formula is C17H36N4. The quantitative estimate of drug-likeness (QED) is 0.808. The van der Waals surface area contributed by atoms with Gasteiger partial charge in [0.25, 0.3) is 0 Å². The zero-order chi connectivity index (χ0) is 15.5. The molecule has 0 aromatic carbocycles. The van der Waals surface area contributed by atoms with E-state index in [1.54, 1.807) is 0 Å². The molecule has 4 heteroatoms. The predicted octanol–water partition coefficient (Wildman–Crippen LogP) is 1.60. The fourth-order valence-corrected chi connectivity index (χ4v) is 4.23. The lowest BCUT2D eigenvalue weighted by molar-refractivity contribution is 0.0215. The predicted molar refractivity (Wildman–Crippen MR) is 90.6 cm³/mol. The highest BCUT2D eigenvalue weighted by Gasteiger charge is 2.39. The second kappa shape index (κ2) is 7.40. The van der Waals surface area contributed by atoms with Crippen molar-refractivity contribution in [2.45, 2.75) is 64.1 Å². The zero-order valence-electron chi connectivity index (χ0n) is 14.6. The topological polar surface area (TPSA) is 35.7 Å². The lowest BCUT2D eigenvalue weighted by atomic mass is 9.85. The maximum Gasteiger partial charge on any atom is 0.0353 e. The molecule has 4 nitrogen and oxygen atoms in total. The number of nitrogens with zero attached hydrogens (tertiary/aromatic N) is 3. The normalized spacial score (nSPS) is 27.9. The van der Waals surface area contributed by atoms with Crippen LogP contribution in [0.2, 0.25) is 0 Å². The van der Waals surface area contributed by atoms with Gasteiger partial charge in [0.1, 0.15) is 0 Å². The number of hydrogen-bond donors (Lipinski definition) is 1. The van der Waals surface area contributed by atoms with Crippen molar-refractivity contribution in [1.29, 1.82) is 0 Å². The average Bonchev–Trinajstić information content (AvgIpc) is 2.94. The number of likely N-dealkylation sites (N-methyl/N-ethyl adjacent to an activating group) is 2. The Balaban J connectivity index is 1.94. The fourth-order valence-electron chi connectivity index (χ4n) is 4.23. The third-order valence-corrected chi connectivity index (χ3v) is 6.04. The van der Waals surface area contributed by atoms with E-state index in [0.29, 0.717) is 6.04 Å². The molecule has 1 atom stereocenters. The fraction of sp³-hybridized carbons (Fsp3) is 1.00. The molecule has 2 N–H and O–H groups in total. The molecule has 2 saturated heterocycles. The van der Waals surface area contributed by atoms with Crippen LogP contribution in [0.4, 0.5) is 0 Å². The van der Waals surface area contributed by atoms with Crippen molar-refractivity contribution >= 4 is 0 Å². The molecule has 0 aromatic rings. The minimum absolute atomic E-state index is 0.230. The SMILES string of the molecule is CCN1CCCC1CN(C)C1(CN)CCN(C(C)C)CC1. The molecule has 0 spiro atoms. The monoisotopic (exact) mass is 296 g/mol. The van der Waals surface area contributed by atoms with E-state index in [-0.39, 0.29) is 5.54 Å². The first-order chi connectivity index (χ1) is 10.0. The summed E-state index contributed by atoms with van der Waals surface area (Å²) in [5, 5.41) is 0. The summed E-state index contributed by atoms with van der Waals surface area (Å²) in [6.07, 6.45) is 5.16. The van der Waals surface area contributed by atoms with Gasteiger partial charge in [0.05, 0.1) is 0 Å². The van der Waals surface area contributed by atoms with Gasteiger partial charge < -0.3 is 10.6 Å². The highest BCUT2D eigenvalue weighted by atomic mass is 15.3. The lowest BCUT2D eigenvalue weighted by Gasteiger charge is -2.49. The van der Waals surface area contributed by atoms with Crippen LogP contribution in [0.1, 0.15) is 46.5 Å². The van der Waals surface area contributed by atoms with E-state index in [2.05, 4.69) is 42.5 Å². The lowest BCUT2D eigenvalue weighted by Crippen LogP contribution is -2.60. The van der Waals surface area contributed by atoms with E-state index in [1.165, 1.54) is 58.4 Å². The van der Waals surface area contributed by atoms with Crippen molar-refractivity contribution < 1.29 is 0 Å². The van der Waals surface area contributed by atoms with Crippen LogP contribution in [0.15, 0.2) is 0 Å². The minimum atomic E-state index is 0.230. The van der Waals surface area contributed by atoms with Gasteiger partial charge in [-0.3, -0.25) is 9.80 Å². The first kappa shape index (κ1) is 17.2. The third-order valence-electron chi connectivity index (χ3n) is 6.04. The van der Waals surface area contributed by atoms with E-state index in [4.69, 9.17) is 5.73 Å². The number of piperidine rings is 1. The van der Waals surface area contributed by atoms with Crippen LogP contribution in [0.5, 0.6) is 0 Å². The molecule has 2 fully saturated rings. The van der Waals surface area contributed by atoms with Crippen molar-refractivity contribution in [3.05, 3.63) is 0 Å². The zero-order valence-corrected chi connectivity index (χ0v) is 14.6. The van der Waals surface area contributed by atoms with Crippen LogP contribution in [0, 0.1) is 0 Å². The van der Waals surface area contributed by atoms with Crippen LogP contribution in [-0.4, -0.2) is 78.6 Å². The summed E-state index contributed by atoms with van der Waals surface area (Å²) in [6, 6.07) is 1.41. The standard InChI is InChI=1S/C17H36N4/c1-5-20-10-6-7-16(20)13-19(4)17(14-18)8-11-21(12-9-17)15(2)3/h15-16H,5-14,18H2,1-4H3. The molecular weight excluding hydrogens is 260 g/mol. The summed E-state index contributed by atoms with van der Waals surface area (Å²) < 4.78 is 0. The van der Waals surface area contributed by atoms with Gasteiger partial charge in [0, 0.05) is 43.8 Å². The van der Waals surface area contributed by atoms with Gasteiger partial charge in [-0.05, 0) is 59.7 Å². The second-order valence-electron chi connectivity index (χ2n) is 7.36. The molecule has 0 aliphatic carbocycles. The Morgan fingerprint density at radius 3 is 2.43 bits per heavy atom. The smallest absolute Gasteiger partial charge is 0.0353 e. The molecule has 0 bridgehead atoms. The molecule has 21 heavy (non-hydrogen) atoms. The van der Waals surface area contributed by atoms with Gasteiger partial charge >= 0.3 is 0 Å². The van der Waals surface area contributed by atoms with Gasteiger partial charge in [-0.15, -0.1) is 0 Å². The summed E-state index contributed by atoms with van der Waals surface area (Å²) >= 11 is 0. The number of hydrogen-bond acceptors (Lipinski definition) is 4. The van der Waals surface area contributed by atoms with Crippen LogP contribution in [0.25, 0.3) is 0 Å². The van der Waals surface area contributed by atoms with Gasteiger partial charge in [-0.2, -0.15) is 0 Å². The van der Waals surface area contributed by atoms with Gasteiger partial charge in [0.2, 0.25) is 0 Å². The van der Waals surface area contributed by atoms with Gasteiger partial charge in [-0.25, -0.2) is 0 Å². The van der Waals surface area contributed by atoms with Crippen LogP contribution in [0.3, 0.4) is 0 Å². The molecule has 124 valence electrons. The Morgan fingerprint density at radius 2 is 1.90 bits per heavy atom. The van der Waals surface area contributed by atoms with Crippen molar-refractivity contribution in [2.75, 3.05) is 46.3 Å². The summed E-state index contributed by atoms with van der Waals surface area (Å²) in [5.74, 6) is 0. The molecule has 2 aliphatic heterocycles. The van der Waals surface area contributed by atoms with E-state index in [9.17, 15) is 0 Å². The number of rotatable bonds is 6. The summed E-state index contributed by atoms with van der Waals surface area (Å²) in [6.45, 7) is 13.7. The van der Waals surface area contributed by atoms with E-state index in [0.717, 1.165) is 12.6 Å². The molecule has 0 saturated carbocycles. The molecule has 1 unspecified atom stereocenters. The summed E-state index contributed by atoms with van der Waals surface area (Å²) in [5.41, 5.74) is 6.46. The second-order valence-corrected chi connectivity index (χ2v) is 7.36. The highest BCUT2D eigenvalue weighted by Crippen LogP contribution is 2.29. The Bertz CT molecular complexity index is 310. The van der Waals surface area contributed by atoms with Crippen LogP contribution in [-0.2, 0) is 0 Å². The van der Waals surface area contributed by atoms with E-state index >= 15 is 0 Å². The van der Waals surface area contributed by atoms with Crippen molar-refractivity contribution in [2.24, 2.45) is 5.73 Å².